The van der Waals surface area contributed by atoms with Crippen molar-refractivity contribution in [1.29, 1.82) is 0 Å². The minimum absolute atomic E-state index is 0.0626. The SMILES string of the molecule is CC(=O)O[PH](=O)Oc1cnccn1. The van der Waals surface area contributed by atoms with E-state index in [0.717, 1.165) is 6.92 Å². The molecule has 0 bridgehead atoms. The van der Waals surface area contributed by atoms with Gasteiger partial charge in [-0.2, -0.15) is 0 Å². The molecular formula is C6H7N2O4P. The Morgan fingerprint density at radius 2 is 2.31 bits per heavy atom. The summed E-state index contributed by atoms with van der Waals surface area (Å²) in [6.07, 6.45) is 4.08. The van der Waals surface area contributed by atoms with Crippen molar-refractivity contribution >= 4 is 14.2 Å². The largest absolute Gasteiger partial charge is 0.422 e. The van der Waals surface area contributed by atoms with E-state index in [9.17, 15) is 9.36 Å². The van der Waals surface area contributed by atoms with Gasteiger partial charge in [0.1, 0.15) is 0 Å². The molecule has 7 heteroatoms. The molecule has 0 aliphatic rings. The minimum Gasteiger partial charge on any atom is -0.398 e. The number of carbonyl (C=O) groups is 1. The Hall–Kier alpha value is -1.42. The molecule has 0 spiro atoms. The monoisotopic (exact) mass is 202 g/mol. The highest BCUT2D eigenvalue weighted by Crippen LogP contribution is 2.25. The van der Waals surface area contributed by atoms with Crippen molar-refractivity contribution in [2.24, 2.45) is 0 Å². The van der Waals surface area contributed by atoms with E-state index < -0.39 is 14.2 Å². The smallest absolute Gasteiger partial charge is 0.398 e. The van der Waals surface area contributed by atoms with E-state index in [1.165, 1.54) is 18.6 Å². The number of nitrogens with zero attached hydrogens (tertiary/aromatic N) is 2. The Morgan fingerprint density at radius 3 is 2.85 bits per heavy atom. The van der Waals surface area contributed by atoms with Gasteiger partial charge < -0.3 is 9.05 Å². The highest BCUT2D eigenvalue weighted by atomic mass is 31.1. The van der Waals surface area contributed by atoms with E-state index in [1.54, 1.807) is 0 Å². The van der Waals surface area contributed by atoms with Crippen molar-refractivity contribution in [2.45, 2.75) is 6.92 Å². The number of carbonyl (C=O) groups excluding carboxylic acids is 1. The normalized spacial score (nSPS) is 11.8. The van der Waals surface area contributed by atoms with Gasteiger partial charge in [-0.3, -0.25) is 9.78 Å². The van der Waals surface area contributed by atoms with Crippen molar-refractivity contribution in [1.82, 2.24) is 9.97 Å². The maximum atomic E-state index is 10.9. The fraction of sp³-hybridized carbons (Fsp3) is 0.167. The van der Waals surface area contributed by atoms with Crippen LogP contribution < -0.4 is 4.52 Å². The van der Waals surface area contributed by atoms with Crippen LogP contribution >= 0.6 is 8.25 Å². The second kappa shape index (κ2) is 4.57. The second-order valence-corrected chi connectivity index (χ2v) is 2.90. The molecule has 0 saturated heterocycles. The summed E-state index contributed by atoms with van der Waals surface area (Å²) in [5.41, 5.74) is 0. The first-order valence-electron chi connectivity index (χ1n) is 3.34. The Labute approximate surface area is 74.9 Å². The first kappa shape index (κ1) is 9.67. The van der Waals surface area contributed by atoms with Crippen molar-refractivity contribution in [3.8, 4) is 5.88 Å². The van der Waals surface area contributed by atoms with Crippen molar-refractivity contribution in [2.75, 3.05) is 0 Å². The molecular weight excluding hydrogens is 195 g/mol. The van der Waals surface area contributed by atoms with Crippen LogP contribution in [-0.2, 0) is 13.9 Å². The first-order valence-corrected chi connectivity index (χ1v) is 4.57. The van der Waals surface area contributed by atoms with Gasteiger partial charge in [0.15, 0.2) is 0 Å². The van der Waals surface area contributed by atoms with E-state index >= 15 is 0 Å². The van der Waals surface area contributed by atoms with Crippen LogP contribution in [-0.4, -0.2) is 15.9 Å². The van der Waals surface area contributed by atoms with Crippen LogP contribution in [0.4, 0.5) is 0 Å². The molecule has 1 rings (SSSR count). The molecule has 0 fully saturated rings. The third kappa shape index (κ3) is 3.66. The average Bonchev–Trinajstić information content (AvgIpc) is 2.04. The molecule has 0 saturated carbocycles. The summed E-state index contributed by atoms with van der Waals surface area (Å²) in [6.45, 7) is 1.14. The molecule has 1 aromatic rings. The number of rotatable bonds is 3. The summed E-state index contributed by atoms with van der Waals surface area (Å²) in [4.78, 5) is 17.7. The van der Waals surface area contributed by atoms with Crippen LogP contribution in [0.15, 0.2) is 18.6 Å². The number of hydrogen-bond donors (Lipinski definition) is 0. The zero-order valence-electron chi connectivity index (χ0n) is 6.76. The summed E-state index contributed by atoms with van der Waals surface area (Å²) in [7, 11) is -2.84. The lowest BCUT2D eigenvalue weighted by Crippen LogP contribution is -1.94. The summed E-state index contributed by atoms with van der Waals surface area (Å²) in [5.74, 6) is -0.597. The topological polar surface area (TPSA) is 78.4 Å². The van der Waals surface area contributed by atoms with Gasteiger partial charge in [0.05, 0.1) is 6.20 Å². The van der Waals surface area contributed by atoms with Crippen LogP contribution in [0, 0.1) is 0 Å². The maximum Gasteiger partial charge on any atom is 0.422 e. The molecule has 0 N–H and O–H groups in total. The van der Waals surface area contributed by atoms with Crippen LogP contribution in [0.25, 0.3) is 0 Å². The van der Waals surface area contributed by atoms with Gasteiger partial charge in [-0.15, -0.1) is 0 Å². The highest BCUT2D eigenvalue weighted by molar-refractivity contribution is 7.34. The number of aromatic nitrogens is 2. The van der Waals surface area contributed by atoms with Gasteiger partial charge in [-0.1, -0.05) is 0 Å². The van der Waals surface area contributed by atoms with Gasteiger partial charge in [-0.25, -0.2) is 9.55 Å². The lowest BCUT2D eigenvalue weighted by atomic mass is 10.7. The second-order valence-electron chi connectivity index (χ2n) is 1.99. The molecule has 0 aromatic carbocycles. The fourth-order valence-corrected chi connectivity index (χ4v) is 1.11. The van der Waals surface area contributed by atoms with Gasteiger partial charge in [-0.05, 0) is 0 Å². The number of hydrogen-bond acceptors (Lipinski definition) is 6. The lowest BCUT2D eigenvalue weighted by Gasteiger charge is -2.02. The van der Waals surface area contributed by atoms with E-state index in [4.69, 9.17) is 0 Å². The first-order chi connectivity index (χ1) is 6.18. The lowest BCUT2D eigenvalue weighted by molar-refractivity contribution is -0.131. The molecule has 1 unspecified atom stereocenters. The minimum atomic E-state index is -2.84. The van der Waals surface area contributed by atoms with Crippen LogP contribution in [0.2, 0.25) is 0 Å². The molecule has 1 aromatic heterocycles. The average molecular weight is 202 g/mol. The zero-order valence-corrected chi connectivity index (χ0v) is 7.76. The van der Waals surface area contributed by atoms with E-state index in [-0.39, 0.29) is 5.88 Å². The molecule has 1 atom stereocenters. The standard InChI is InChI=1S/C6H7N2O4P/c1-5(9)11-13(10)12-6-4-7-2-3-8-6/h2-4,13H,1H3. The summed E-state index contributed by atoms with van der Waals surface area (Å²) >= 11 is 0. The highest BCUT2D eigenvalue weighted by Gasteiger charge is 2.05. The quantitative estimate of drug-likeness (QED) is 0.674. The van der Waals surface area contributed by atoms with Gasteiger partial charge in [0.2, 0.25) is 5.88 Å². The fourth-order valence-electron chi connectivity index (χ4n) is 0.562. The summed E-state index contributed by atoms with van der Waals surface area (Å²) in [5, 5.41) is 0. The Balaban J connectivity index is 2.50. The molecule has 0 radical (unpaired) electrons. The summed E-state index contributed by atoms with van der Waals surface area (Å²) < 4.78 is 19.8. The molecule has 13 heavy (non-hydrogen) atoms. The Kier molecular flexibility index (Phi) is 3.40. The Bertz CT molecular complexity index is 316. The summed E-state index contributed by atoms with van der Waals surface area (Å²) in [6, 6.07) is 0. The molecule has 0 aliphatic carbocycles. The van der Waals surface area contributed by atoms with Gasteiger partial charge in [0, 0.05) is 19.3 Å². The predicted molar refractivity (Wildman–Crippen MR) is 43.4 cm³/mol. The van der Waals surface area contributed by atoms with Crippen LogP contribution in [0.3, 0.4) is 0 Å². The van der Waals surface area contributed by atoms with E-state index in [1.807, 2.05) is 0 Å². The van der Waals surface area contributed by atoms with E-state index in [2.05, 4.69) is 19.0 Å². The molecule has 0 amide bonds. The van der Waals surface area contributed by atoms with Crippen LogP contribution in [0.5, 0.6) is 5.88 Å². The van der Waals surface area contributed by atoms with Crippen molar-refractivity contribution < 1.29 is 18.4 Å². The van der Waals surface area contributed by atoms with Crippen molar-refractivity contribution in [3.63, 3.8) is 0 Å². The zero-order chi connectivity index (χ0) is 9.68. The van der Waals surface area contributed by atoms with Gasteiger partial charge in [0.25, 0.3) is 0 Å². The Morgan fingerprint density at radius 1 is 1.54 bits per heavy atom. The molecule has 70 valence electrons. The maximum absolute atomic E-state index is 10.9. The third-order valence-electron chi connectivity index (χ3n) is 0.954. The van der Waals surface area contributed by atoms with Crippen molar-refractivity contribution in [3.05, 3.63) is 18.6 Å². The molecule has 0 aliphatic heterocycles. The van der Waals surface area contributed by atoms with E-state index in [0.29, 0.717) is 0 Å². The molecule has 1 heterocycles. The third-order valence-corrected chi connectivity index (χ3v) is 1.78. The van der Waals surface area contributed by atoms with Crippen LogP contribution in [0.1, 0.15) is 6.92 Å². The van der Waals surface area contributed by atoms with Gasteiger partial charge >= 0.3 is 14.2 Å². The predicted octanol–water partition coefficient (Wildman–Crippen LogP) is 0.808. The molecule has 6 nitrogen and oxygen atoms in total.